The smallest absolute Gasteiger partial charge is 0.409 e. The van der Waals surface area contributed by atoms with Crippen molar-refractivity contribution < 1.29 is 9.53 Å². The minimum Gasteiger partial charge on any atom is -0.453 e. The van der Waals surface area contributed by atoms with Crippen LogP contribution in [0.25, 0.3) is 0 Å². The molecule has 5 heteroatoms. The molecule has 0 saturated heterocycles. The molecule has 2 heterocycles. The number of methoxy groups -OCH3 is 1. The predicted molar refractivity (Wildman–Crippen MR) is 75.6 cm³/mol. The van der Waals surface area contributed by atoms with E-state index in [1.54, 1.807) is 4.90 Å². The van der Waals surface area contributed by atoms with Crippen molar-refractivity contribution in [2.45, 2.75) is 58.0 Å². The molecule has 0 aromatic carbocycles. The van der Waals surface area contributed by atoms with Crippen LogP contribution in [0.5, 0.6) is 0 Å². The van der Waals surface area contributed by atoms with Crippen LogP contribution < -0.4 is 0 Å². The van der Waals surface area contributed by atoms with Crippen molar-refractivity contribution in [3.05, 3.63) is 17.0 Å². The predicted octanol–water partition coefficient (Wildman–Crippen LogP) is 2.69. The van der Waals surface area contributed by atoms with E-state index < -0.39 is 0 Å². The van der Waals surface area contributed by atoms with Gasteiger partial charge in [-0.15, -0.1) is 0 Å². The fourth-order valence-electron chi connectivity index (χ4n) is 3.17. The third kappa shape index (κ3) is 2.19. The van der Waals surface area contributed by atoms with E-state index in [1.165, 1.54) is 43.3 Å². The Hall–Kier alpha value is -1.52. The summed E-state index contributed by atoms with van der Waals surface area (Å²) < 4.78 is 7.11. The standard InChI is InChI=1S/C15H23N3O2/c1-3-5-13-12-10-17(15(19)20-2)9-8-14(12)18(16-13)11-6-4-7-11/h11H,3-10H2,1-2H3. The van der Waals surface area contributed by atoms with E-state index in [4.69, 9.17) is 9.84 Å². The van der Waals surface area contributed by atoms with Gasteiger partial charge in [-0.25, -0.2) is 4.79 Å². The van der Waals surface area contributed by atoms with Gasteiger partial charge in [-0.3, -0.25) is 4.68 Å². The lowest BCUT2D eigenvalue weighted by molar-refractivity contribution is 0.117. The summed E-state index contributed by atoms with van der Waals surface area (Å²) in [7, 11) is 1.45. The summed E-state index contributed by atoms with van der Waals surface area (Å²) in [5.74, 6) is 0. The summed E-state index contributed by atoms with van der Waals surface area (Å²) in [6, 6.07) is 0.596. The molecule has 0 atom stereocenters. The number of carbonyl (C=O) groups excluding carboxylic acids is 1. The number of carbonyl (C=O) groups is 1. The van der Waals surface area contributed by atoms with Crippen LogP contribution in [0.4, 0.5) is 4.79 Å². The summed E-state index contributed by atoms with van der Waals surface area (Å²) in [6.45, 7) is 3.57. The van der Waals surface area contributed by atoms with Crippen molar-refractivity contribution in [2.75, 3.05) is 13.7 Å². The highest BCUT2D eigenvalue weighted by Gasteiger charge is 2.31. The van der Waals surface area contributed by atoms with Crippen molar-refractivity contribution in [1.29, 1.82) is 0 Å². The van der Waals surface area contributed by atoms with Gasteiger partial charge in [-0.2, -0.15) is 5.10 Å². The van der Waals surface area contributed by atoms with Crippen molar-refractivity contribution in [3.8, 4) is 0 Å². The number of ether oxygens (including phenoxy) is 1. The van der Waals surface area contributed by atoms with Gasteiger partial charge in [0.25, 0.3) is 0 Å². The number of hydrogen-bond donors (Lipinski definition) is 0. The molecule has 1 amide bonds. The Morgan fingerprint density at radius 1 is 1.45 bits per heavy atom. The van der Waals surface area contributed by atoms with Gasteiger partial charge < -0.3 is 9.64 Å². The number of aromatic nitrogens is 2. The molecule has 110 valence electrons. The molecule has 5 nitrogen and oxygen atoms in total. The topological polar surface area (TPSA) is 47.4 Å². The highest BCUT2D eigenvalue weighted by atomic mass is 16.5. The Bertz CT molecular complexity index is 505. The maximum Gasteiger partial charge on any atom is 0.409 e. The number of hydrogen-bond acceptors (Lipinski definition) is 3. The molecule has 1 aliphatic carbocycles. The van der Waals surface area contributed by atoms with Crippen molar-refractivity contribution >= 4 is 6.09 Å². The first kappa shape index (κ1) is 13.5. The molecule has 3 rings (SSSR count). The highest BCUT2D eigenvalue weighted by Crippen LogP contribution is 2.35. The minimum atomic E-state index is -0.227. The molecule has 0 radical (unpaired) electrons. The minimum absolute atomic E-state index is 0.227. The molecule has 1 fully saturated rings. The van der Waals surface area contributed by atoms with E-state index in [2.05, 4.69) is 11.6 Å². The van der Waals surface area contributed by atoms with E-state index in [0.29, 0.717) is 12.6 Å². The molecule has 0 unspecified atom stereocenters. The summed E-state index contributed by atoms with van der Waals surface area (Å²) in [5, 5.41) is 4.86. The van der Waals surface area contributed by atoms with Gasteiger partial charge in [0.15, 0.2) is 0 Å². The second-order valence-corrected chi connectivity index (χ2v) is 5.79. The van der Waals surface area contributed by atoms with Crippen LogP contribution in [0.2, 0.25) is 0 Å². The lowest BCUT2D eigenvalue weighted by Crippen LogP contribution is -2.37. The lowest BCUT2D eigenvalue weighted by atomic mass is 9.92. The van der Waals surface area contributed by atoms with E-state index in [9.17, 15) is 4.79 Å². The number of rotatable bonds is 3. The molecular formula is C15H23N3O2. The molecule has 1 saturated carbocycles. The van der Waals surface area contributed by atoms with Gasteiger partial charge in [0, 0.05) is 24.2 Å². The monoisotopic (exact) mass is 277 g/mol. The molecule has 0 spiro atoms. The largest absolute Gasteiger partial charge is 0.453 e. The third-order valence-electron chi connectivity index (χ3n) is 4.51. The molecule has 0 bridgehead atoms. The van der Waals surface area contributed by atoms with E-state index in [-0.39, 0.29) is 6.09 Å². The van der Waals surface area contributed by atoms with Gasteiger partial charge in [-0.1, -0.05) is 13.3 Å². The van der Waals surface area contributed by atoms with E-state index in [1.807, 2.05) is 0 Å². The Labute approximate surface area is 119 Å². The van der Waals surface area contributed by atoms with Crippen LogP contribution in [-0.2, 0) is 24.1 Å². The first-order valence-electron chi connectivity index (χ1n) is 7.66. The Kier molecular flexibility index (Phi) is 3.68. The van der Waals surface area contributed by atoms with Crippen LogP contribution in [0.1, 0.15) is 55.6 Å². The maximum absolute atomic E-state index is 11.7. The van der Waals surface area contributed by atoms with Gasteiger partial charge in [0.2, 0.25) is 0 Å². The Morgan fingerprint density at radius 2 is 2.25 bits per heavy atom. The summed E-state index contributed by atoms with van der Waals surface area (Å²) >= 11 is 0. The Morgan fingerprint density at radius 3 is 2.85 bits per heavy atom. The molecule has 0 N–H and O–H groups in total. The number of fused-ring (bicyclic) bond motifs is 1. The zero-order chi connectivity index (χ0) is 14.1. The molecule has 1 aliphatic heterocycles. The van der Waals surface area contributed by atoms with Crippen molar-refractivity contribution in [1.82, 2.24) is 14.7 Å². The number of aryl methyl sites for hydroxylation is 1. The SMILES string of the molecule is CCCc1nn(C2CCC2)c2c1CN(C(=O)OC)CC2. The summed E-state index contributed by atoms with van der Waals surface area (Å²) in [5.41, 5.74) is 3.82. The fourth-order valence-corrected chi connectivity index (χ4v) is 3.17. The van der Waals surface area contributed by atoms with Gasteiger partial charge >= 0.3 is 6.09 Å². The normalized spacial score (nSPS) is 18.6. The van der Waals surface area contributed by atoms with Crippen LogP contribution in [-0.4, -0.2) is 34.4 Å². The molecule has 1 aromatic rings. The zero-order valence-corrected chi connectivity index (χ0v) is 12.4. The molecule has 20 heavy (non-hydrogen) atoms. The summed E-state index contributed by atoms with van der Waals surface area (Å²) in [4.78, 5) is 13.5. The first-order chi connectivity index (χ1) is 9.74. The third-order valence-corrected chi connectivity index (χ3v) is 4.51. The second-order valence-electron chi connectivity index (χ2n) is 5.79. The fraction of sp³-hybridized carbons (Fsp3) is 0.733. The van der Waals surface area contributed by atoms with Crippen LogP contribution in [0.15, 0.2) is 0 Å². The second kappa shape index (κ2) is 5.46. The first-order valence-corrected chi connectivity index (χ1v) is 7.66. The number of amides is 1. The zero-order valence-electron chi connectivity index (χ0n) is 12.4. The average molecular weight is 277 g/mol. The number of nitrogens with zero attached hydrogens (tertiary/aromatic N) is 3. The highest BCUT2D eigenvalue weighted by molar-refractivity contribution is 5.68. The van der Waals surface area contributed by atoms with E-state index >= 15 is 0 Å². The van der Waals surface area contributed by atoms with Crippen LogP contribution in [0, 0.1) is 0 Å². The van der Waals surface area contributed by atoms with Crippen molar-refractivity contribution in [2.24, 2.45) is 0 Å². The molecule has 2 aliphatic rings. The lowest BCUT2D eigenvalue weighted by Gasteiger charge is -2.31. The van der Waals surface area contributed by atoms with Crippen LogP contribution in [0.3, 0.4) is 0 Å². The average Bonchev–Trinajstić information content (AvgIpc) is 2.75. The van der Waals surface area contributed by atoms with Crippen LogP contribution >= 0.6 is 0 Å². The van der Waals surface area contributed by atoms with Gasteiger partial charge in [0.05, 0.1) is 25.4 Å². The Balaban J connectivity index is 1.90. The van der Waals surface area contributed by atoms with Gasteiger partial charge in [0.1, 0.15) is 0 Å². The summed E-state index contributed by atoms with van der Waals surface area (Å²) in [6.07, 6.45) is 6.58. The quantitative estimate of drug-likeness (QED) is 0.853. The van der Waals surface area contributed by atoms with Crippen molar-refractivity contribution in [3.63, 3.8) is 0 Å². The van der Waals surface area contributed by atoms with E-state index in [0.717, 1.165) is 25.8 Å². The van der Waals surface area contributed by atoms with Gasteiger partial charge in [-0.05, 0) is 25.7 Å². The molecule has 1 aromatic heterocycles. The molecular weight excluding hydrogens is 254 g/mol. The maximum atomic E-state index is 11.7.